The van der Waals surface area contributed by atoms with E-state index in [9.17, 15) is 22.0 Å². The Kier molecular flexibility index (Phi) is 3.85. The highest BCUT2D eigenvalue weighted by Gasteiger charge is 2.29. The number of carbonyl (C=O) groups excluding carboxylic acids is 1. The average molecular weight is 346 g/mol. The van der Waals surface area contributed by atoms with Crippen LogP contribution in [-0.2, 0) is 14.6 Å². The summed E-state index contributed by atoms with van der Waals surface area (Å²) in [6.45, 7) is 0. The number of hydrogen-bond acceptors (Lipinski definition) is 5. The molecule has 118 valence electrons. The maximum atomic E-state index is 13.1. The number of halogens is 2. The molecular formula is C13H12F2N2O3S2. The molecule has 1 saturated heterocycles. The fraction of sp³-hybridized carbons (Fsp3) is 0.385. The van der Waals surface area contributed by atoms with Crippen molar-refractivity contribution in [2.24, 2.45) is 5.92 Å². The molecule has 0 radical (unpaired) electrons. The number of hydrogen-bond donors (Lipinski definition) is 1. The minimum atomic E-state index is -3.02. The van der Waals surface area contributed by atoms with Crippen molar-refractivity contribution in [2.75, 3.05) is 16.8 Å². The van der Waals surface area contributed by atoms with E-state index in [2.05, 4.69) is 10.3 Å². The van der Waals surface area contributed by atoms with Crippen molar-refractivity contribution in [3.05, 3.63) is 23.8 Å². The van der Waals surface area contributed by atoms with Crippen LogP contribution in [0, 0.1) is 17.6 Å². The van der Waals surface area contributed by atoms with Gasteiger partial charge >= 0.3 is 0 Å². The molecule has 22 heavy (non-hydrogen) atoms. The van der Waals surface area contributed by atoms with E-state index in [0.29, 0.717) is 11.1 Å². The lowest BCUT2D eigenvalue weighted by Crippen LogP contribution is -2.17. The number of anilines is 1. The fourth-order valence-electron chi connectivity index (χ4n) is 2.44. The van der Waals surface area contributed by atoms with Crippen LogP contribution in [0.4, 0.5) is 13.9 Å². The van der Waals surface area contributed by atoms with Crippen molar-refractivity contribution in [3.63, 3.8) is 0 Å². The van der Waals surface area contributed by atoms with Crippen LogP contribution in [0.3, 0.4) is 0 Å². The SMILES string of the molecule is O=C(C[C@@H]1CCS(=O)(=O)C1)Nc1nc2cc(F)c(F)cc2s1. The molecule has 1 N–H and O–H groups in total. The first-order valence-corrected chi connectivity index (χ1v) is 9.22. The van der Waals surface area contributed by atoms with Crippen LogP contribution in [0.25, 0.3) is 10.2 Å². The molecule has 1 amide bonds. The summed E-state index contributed by atoms with van der Waals surface area (Å²) in [5.74, 6) is -2.35. The number of sulfone groups is 1. The molecule has 1 aromatic carbocycles. The van der Waals surface area contributed by atoms with Crippen molar-refractivity contribution in [1.82, 2.24) is 4.98 Å². The van der Waals surface area contributed by atoms with E-state index in [-0.39, 0.29) is 40.4 Å². The number of rotatable bonds is 3. The van der Waals surface area contributed by atoms with Gasteiger partial charge in [0.25, 0.3) is 0 Å². The molecular weight excluding hydrogens is 334 g/mol. The number of aromatic nitrogens is 1. The Labute approximate surface area is 129 Å². The topological polar surface area (TPSA) is 76.1 Å². The molecule has 2 heterocycles. The Morgan fingerprint density at radius 2 is 2.09 bits per heavy atom. The van der Waals surface area contributed by atoms with Crippen LogP contribution >= 0.6 is 11.3 Å². The van der Waals surface area contributed by atoms with Crippen molar-refractivity contribution in [3.8, 4) is 0 Å². The van der Waals surface area contributed by atoms with Gasteiger partial charge in [0.2, 0.25) is 5.91 Å². The fourth-order valence-corrected chi connectivity index (χ4v) is 5.19. The number of fused-ring (bicyclic) bond motifs is 1. The third-order valence-corrected chi connectivity index (χ3v) is 6.25. The molecule has 0 bridgehead atoms. The van der Waals surface area contributed by atoms with Gasteiger partial charge in [-0.2, -0.15) is 0 Å². The van der Waals surface area contributed by atoms with E-state index in [1.807, 2.05) is 0 Å². The summed E-state index contributed by atoms with van der Waals surface area (Å²) in [7, 11) is -3.02. The number of amides is 1. The van der Waals surface area contributed by atoms with Gasteiger partial charge < -0.3 is 5.32 Å². The van der Waals surface area contributed by atoms with Gasteiger partial charge in [-0.25, -0.2) is 22.2 Å². The van der Waals surface area contributed by atoms with E-state index in [1.165, 1.54) is 0 Å². The summed E-state index contributed by atoms with van der Waals surface area (Å²) in [5, 5.41) is 2.79. The zero-order chi connectivity index (χ0) is 15.9. The highest BCUT2D eigenvalue weighted by Crippen LogP contribution is 2.28. The van der Waals surface area contributed by atoms with Crippen molar-refractivity contribution in [2.45, 2.75) is 12.8 Å². The summed E-state index contributed by atoms with van der Waals surface area (Å²) >= 11 is 1.04. The molecule has 3 rings (SSSR count). The molecule has 0 saturated carbocycles. The number of nitrogens with one attached hydrogen (secondary N) is 1. The Hall–Kier alpha value is -1.61. The molecule has 0 aliphatic carbocycles. The molecule has 1 atom stereocenters. The highest BCUT2D eigenvalue weighted by molar-refractivity contribution is 7.91. The summed E-state index contributed by atoms with van der Waals surface area (Å²) in [6.07, 6.45) is 0.573. The predicted molar refractivity (Wildman–Crippen MR) is 79.5 cm³/mol. The summed E-state index contributed by atoms with van der Waals surface area (Å²) in [4.78, 5) is 15.9. The number of nitrogens with zero attached hydrogens (tertiary/aromatic N) is 1. The van der Waals surface area contributed by atoms with Gasteiger partial charge in [0.15, 0.2) is 26.6 Å². The second-order valence-corrected chi connectivity index (χ2v) is 8.53. The maximum Gasteiger partial charge on any atom is 0.226 e. The van der Waals surface area contributed by atoms with Crippen molar-refractivity contribution in [1.29, 1.82) is 0 Å². The molecule has 9 heteroatoms. The van der Waals surface area contributed by atoms with Gasteiger partial charge in [0.1, 0.15) is 0 Å². The lowest BCUT2D eigenvalue weighted by molar-refractivity contribution is -0.116. The maximum absolute atomic E-state index is 13.1. The first-order valence-electron chi connectivity index (χ1n) is 6.58. The lowest BCUT2D eigenvalue weighted by Gasteiger charge is -2.06. The molecule has 0 unspecified atom stereocenters. The van der Waals surface area contributed by atoms with Gasteiger partial charge in [-0.05, 0) is 18.4 Å². The third kappa shape index (κ3) is 3.25. The van der Waals surface area contributed by atoms with Crippen LogP contribution in [0.2, 0.25) is 0 Å². The normalized spacial score (nSPS) is 20.4. The van der Waals surface area contributed by atoms with Gasteiger partial charge in [-0.15, -0.1) is 0 Å². The Morgan fingerprint density at radius 3 is 2.77 bits per heavy atom. The minimum Gasteiger partial charge on any atom is -0.302 e. The zero-order valence-electron chi connectivity index (χ0n) is 11.3. The molecule has 1 aliphatic heterocycles. The average Bonchev–Trinajstić information content (AvgIpc) is 2.92. The van der Waals surface area contributed by atoms with Gasteiger partial charge in [-0.1, -0.05) is 11.3 Å². The lowest BCUT2D eigenvalue weighted by atomic mass is 10.1. The molecule has 5 nitrogen and oxygen atoms in total. The van der Waals surface area contributed by atoms with E-state index in [4.69, 9.17) is 0 Å². The zero-order valence-corrected chi connectivity index (χ0v) is 12.9. The Balaban J connectivity index is 1.69. The molecule has 1 aromatic heterocycles. The van der Waals surface area contributed by atoms with Crippen LogP contribution in [0.15, 0.2) is 12.1 Å². The minimum absolute atomic E-state index is 0.0245. The Bertz CT molecular complexity index is 809. The molecule has 0 spiro atoms. The van der Waals surface area contributed by atoms with Crippen LogP contribution < -0.4 is 5.32 Å². The van der Waals surface area contributed by atoms with Gasteiger partial charge in [-0.3, -0.25) is 4.79 Å². The first-order chi connectivity index (χ1) is 10.3. The third-order valence-electron chi connectivity index (χ3n) is 3.48. The first kappa shape index (κ1) is 15.3. The molecule has 1 fully saturated rings. The van der Waals surface area contributed by atoms with E-state index in [1.54, 1.807) is 0 Å². The van der Waals surface area contributed by atoms with E-state index < -0.39 is 21.5 Å². The summed E-state index contributed by atoms with van der Waals surface area (Å²) in [5.41, 5.74) is 0.266. The van der Waals surface area contributed by atoms with Crippen molar-refractivity contribution < 1.29 is 22.0 Å². The summed E-state index contributed by atoms with van der Waals surface area (Å²) < 4.78 is 49.4. The number of carbonyl (C=O) groups is 1. The van der Waals surface area contributed by atoms with Crippen LogP contribution in [0.5, 0.6) is 0 Å². The second-order valence-electron chi connectivity index (χ2n) is 5.27. The quantitative estimate of drug-likeness (QED) is 0.925. The predicted octanol–water partition coefficient (Wildman–Crippen LogP) is 2.34. The van der Waals surface area contributed by atoms with Crippen LogP contribution in [0.1, 0.15) is 12.8 Å². The van der Waals surface area contributed by atoms with Crippen LogP contribution in [-0.4, -0.2) is 30.8 Å². The van der Waals surface area contributed by atoms with Gasteiger partial charge in [0.05, 0.1) is 21.7 Å². The standard InChI is InChI=1S/C13H12F2N2O3S2/c14-8-4-10-11(5-9(8)15)21-13(16-10)17-12(18)3-7-1-2-22(19,20)6-7/h4-5,7H,1-3,6H2,(H,16,17,18)/t7-/m0/s1. The highest BCUT2D eigenvalue weighted by atomic mass is 32.2. The smallest absolute Gasteiger partial charge is 0.226 e. The number of thiazole rings is 1. The molecule has 2 aromatic rings. The van der Waals surface area contributed by atoms with E-state index in [0.717, 1.165) is 23.5 Å². The monoisotopic (exact) mass is 346 g/mol. The molecule has 1 aliphatic rings. The Morgan fingerprint density at radius 1 is 1.36 bits per heavy atom. The second kappa shape index (κ2) is 5.54. The van der Waals surface area contributed by atoms with Crippen molar-refractivity contribution >= 4 is 42.4 Å². The largest absolute Gasteiger partial charge is 0.302 e. The van der Waals surface area contributed by atoms with E-state index >= 15 is 0 Å². The summed E-state index contributed by atoms with van der Waals surface area (Å²) in [6, 6.07) is 2.00. The van der Waals surface area contributed by atoms with Gasteiger partial charge in [0, 0.05) is 12.5 Å². The number of benzene rings is 1.